The molecule has 3 heterocycles. The number of carbonyl (C=O) groups is 1. The summed E-state index contributed by atoms with van der Waals surface area (Å²) in [4.78, 5) is 23.4. The van der Waals surface area contributed by atoms with Crippen molar-refractivity contribution in [2.24, 2.45) is 11.5 Å². The molecular weight excluding hydrogens is 490 g/mol. The van der Waals surface area contributed by atoms with E-state index >= 15 is 0 Å². The summed E-state index contributed by atoms with van der Waals surface area (Å²) in [6.45, 7) is 9.08. The quantitative estimate of drug-likeness (QED) is 0.146. The molecule has 1 unspecified atom stereocenters. The van der Waals surface area contributed by atoms with Crippen molar-refractivity contribution >= 4 is 22.9 Å². The van der Waals surface area contributed by atoms with Crippen molar-refractivity contribution in [1.29, 1.82) is 0 Å². The third-order valence-electron chi connectivity index (χ3n) is 6.35. The van der Waals surface area contributed by atoms with E-state index in [0.717, 1.165) is 39.3 Å². The topological polar surface area (TPSA) is 167 Å². The van der Waals surface area contributed by atoms with Gasteiger partial charge >= 0.3 is 0 Å². The van der Waals surface area contributed by atoms with Crippen molar-refractivity contribution < 1.29 is 23.8 Å². The number of nitrogens with zero attached hydrogens (tertiary/aromatic N) is 4. The Morgan fingerprint density at radius 1 is 1.29 bits per heavy atom. The van der Waals surface area contributed by atoms with Crippen molar-refractivity contribution in [2.75, 3.05) is 51.3 Å². The molecule has 12 nitrogen and oxygen atoms in total. The number of nitrogens with two attached hydrogens (primary N) is 2. The molecule has 3 aromatic rings. The molecule has 0 spiro atoms. The molecule has 38 heavy (non-hydrogen) atoms. The normalized spacial score (nSPS) is 15.4. The van der Waals surface area contributed by atoms with Crippen LogP contribution in [-0.4, -0.2) is 76.4 Å². The summed E-state index contributed by atoms with van der Waals surface area (Å²) < 4.78 is 19.1. The molecule has 0 aliphatic carbocycles. The molecule has 1 aliphatic rings. The number of primary amides is 1. The van der Waals surface area contributed by atoms with Gasteiger partial charge in [0.25, 0.3) is 0 Å². The number of fused-ring (bicyclic) bond motifs is 1. The number of aromatic nitrogens is 3. The monoisotopic (exact) mass is 527 g/mol. The number of allylic oxidation sites excluding steroid dienone is 1. The molecule has 206 valence electrons. The molecule has 0 radical (unpaired) electrons. The number of anilines is 1. The Kier molecular flexibility index (Phi) is 9.34. The van der Waals surface area contributed by atoms with Gasteiger partial charge in [-0.2, -0.15) is 0 Å². The lowest BCUT2D eigenvalue weighted by Gasteiger charge is -2.26. The Hall–Kier alpha value is -3.45. The molecule has 4 rings (SSSR count). The summed E-state index contributed by atoms with van der Waals surface area (Å²) in [6.07, 6.45) is 3.96. The lowest BCUT2D eigenvalue weighted by molar-refractivity contribution is 0.0358. The number of aliphatic hydroxyl groups is 1. The number of aliphatic hydroxyl groups excluding tert-OH is 1. The summed E-state index contributed by atoms with van der Waals surface area (Å²) >= 11 is 0. The van der Waals surface area contributed by atoms with E-state index in [9.17, 15) is 9.90 Å². The van der Waals surface area contributed by atoms with Crippen LogP contribution in [0.15, 0.2) is 28.7 Å². The van der Waals surface area contributed by atoms with Gasteiger partial charge in [0, 0.05) is 45.2 Å². The SMILES string of the molecule is CCc1nc(C)oc1C(O)Nc1nc2cc(C(N)=O)cc(OCCCN3CCOCC3)c2n1C/C=C/CN. The second kappa shape index (κ2) is 12.9. The fraction of sp³-hybridized carbons (Fsp3) is 0.500. The lowest BCUT2D eigenvalue weighted by atomic mass is 10.1. The van der Waals surface area contributed by atoms with Gasteiger partial charge in [0.15, 0.2) is 17.9 Å². The number of rotatable bonds is 13. The maximum Gasteiger partial charge on any atom is 0.248 e. The zero-order valence-electron chi connectivity index (χ0n) is 22.0. The van der Waals surface area contributed by atoms with Crippen molar-refractivity contribution in [3.05, 3.63) is 47.2 Å². The van der Waals surface area contributed by atoms with E-state index < -0.39 is 12.1 Å². The molecule has 0 saturated carbocycles. The number of oxazole rings is 1. The molecule has 1 atom stereocenters. The van der Waals surface area contributed by atoms with Crippen LogP contribution < -0.4 is 21.5 Å². The fourth-order valence-electron chi connectivity index (χ4n) is 4.48. The summed E-state index contributed by atoms with van der Waals surface area (Å²) in [5.41, 5.74) is 13.4. The number of hydrogen-bond acceptors (Lipinski definition) is 10. The van der Waals surface area contributed by atoms with Crippen LogP contribution in [-0.2, 0) is 17.7 Å². The summed E-state index contributed by atoms with van der Waals surface area (Å²) in [7, 11) is 0. The minimum Gasteiger partial charge on any atom is -0.491 e. The highest BCUT2D eigenvalue weighted by Crippen LogP contribution is 2.32. The maximum atomic E-state index is 12.1. The van der Waals surface area contributed by atoms with E-state index in [1.807, 2.05) is 23.6 Å². The highest BCUT2D eigenvalue weighted by Gasteiger charge is 2.23. The third-order valence-corrected chi connectivity index (χ3v) is 6.35. The van der Waals surface area contributed by atoms with Crippen LogP contribution in [0, 0.1) is 6.92 Å². The van der Waals surface area contributed by atoms with Gasteiger partial charge in [-0.05, 0) is 25.0 Å². The Bertz CT molecular complexity index is 1260. The maximum absolute atomic E-state index is 12.1. The molecule has 0 bridgehead atoms. The zero-order valence-corrected chi connectivity index (χ0v) is 22.0. The second-order valence-corrected chi connectivity index (χ2v) is 9.06. The number of carbonyl (C=O) groups excluding carboxylic acids is 1. The molecule has 1 aromatic carbocycles. The van der Waals surface area contributed by atoms with Crippen LogP contribution in [0.4, 0.5) is 5.95 Å². The van der Waals surface area contributed by atoms with Crippen LogP contribution in [0.25, 0.3) is 11.0 Å². The molecule has 1 amide bonds. The molecule has 12 heteroatoms. The minimum absolute atomic E-state index is 0.286. The van der Waals surface area contributed by atoms with Gasteiger partial charge in [0.05, 0.1) is 31.0 Å². The van der Waals surface area contributed by atoms with Gasteiger partial charge in [-0.15, -0.1) is 0 Å². The van der Waals surface area contributed by atoms with Crippen LogP contribution in [0.1, 0.15) is 47.3 Å². The van der Waals surface area contributed by atoms with E-state index in [-0.39, 0.29) is 5.56 Å². The Labute approximate surface area is 221 Å². The Morgan fingerprint density at radius 3 is 2.79 bits per heavy atom. The highest BCUT2D eigenvalue weighted by atomic mass is 16.5. The first-order valence-corrected chi connectivity index (χ1v) is 12.9. The fourth-order valence-corrected chi connectivity index (χ4v) is 4.48. The largest absolute Gasteiger partial charge is 0.491 e. The van der Waals surface area contributed by atoms with E-state index in [4.69, 9.17) is 25.4 Å². The number of amides is 1. The number of morpholine rings is 1. The predicted molar refractivity (Wildman–Crippen MR) is 143 cm³/mol. The number of nitrogens with one attached hydrogen (secondary N) is 1. The Morgan fingerprint density at radius 2 is 2.08 bits per heavy atom. The van der Waals surface area contributed by atoms with Crippen LogP contribution in [0.3, 0.4) is 0 Å². The van der Waals surface area contributed by atoms with Crippen molar-refractivity contribution in [2.45, 2.75) is 39.5 Å². The zero-order chi connectivity index (χ0) is 27.1. The second-order valence-electron chi connectivity index (χ2n) is 9.06. The number of aryl methyl sites for hydroxylation is 2. The minimum atomic E-state index is -1.19. The number of imidazole rings is 1. The number of benzene rings is 1. The first-order chi connectivity index (χ1) is 18.4. The predicted octanol–water partition coefficient (Wildman–Crippen LogP) is 1.71. The molecule has 1 aliphatic heterocycles. The van der Waals surface area contributed by atoms with Gasteiger partial charge < -0.3 is 40.3 Å². The van der Waals surface area contributed by atoms with Gasteiger partial charge in [-0.1, -0.05) is 19.1 Å². The van der Waals surface area contributed by atoms with Gasteiger partial charge in [-0.3, -0.25) is 9.69 Å². The first kappa shape index (κ1) is 27.6. The molecule has 1 saturated heterocycles. The van der Waals surface area contributed by atoms with E-state index in [1.54, 1.807) is 19.1 Å². The van der Waals surface area contributed by atoms with Gasteiger partial charge in [0.2, 0.25) is 11.9 Å². The summed E-state index contributed by atoms with van der Waals surface area (Å²) in [6, 6.07) is 3.26. The summed E-state index contributed by atoms with van der Waals surface area (Å²) in [5.74, 6) is 1.07. The average molecular weight is 528 g/mol. The molecular formula is C26H37N7O5. The summed E-state index contributed by atoms with van der Waals surface area (Å²) in [5, 5.41) is 14.0. The standard InChI is InChI=1S/C26H37N7O5/c1-3-19-23(38-17(2)29-19)25(35)31-26-30-20-15-18(24(28)34)16-21(22(20)33(26)9-5-4-7-27)37-12-6-8-32-10-13-36-14-11-32/h4-5,15-16,25,35H,3,6-14,27H2,1-2H3,(H2,28,34)(H,30,31)/b5-4+. The van der Waals surface area contributed by atoms with Crippen molar-refractivity contribution in [3.63, 3.8) is 0 Å². The molecule has 1 fully saturated rings. The van der Waals surface area contributed by atoms with E-state index in [2.05, 4.69) is 20.2 Å². The van der Waals surface area contributed by atoms with E-state index in [0.29, 0.717) is 66.2 Å². The molecule has 2 aromatic heterocycles. The van der Waals surface area contributed by atoms with E-state index in [1.165, 1.54) is 0 Å². The third kappa shape index (κ3) is 6.51. The highest BCUT2D eigenvalue weighted by molar-refractivity contribution is 5.98. The van der Waals surface area contributed by atoms with Crippen LogP contribution in [0.5, 0.6) is 5.75 Å². The number of ether oxygens (including phenoxy) is 2. The molecule has 6 N–H and O–H groups in total. The van der Waals surface area contributed by atoms with Crippen molar-refractivity contribution in [1.82, 2.24) is 19.4 Å². The average Bonchev–Trinajstić information content (AvgIpc) is 3.46. The van der Waals surface area contributed by atoms with Gasteiger partial charge in [-0.25, -0.2) is 9.97 Å². The first-order valence-electron chi connectivity index (χ1n) is 12.9. The lowest BCUT2D eigenvalue weighted by Crippen LogP contribution is -2.37. The van der Waals surface area contributed by atoms with Crippen LogP contribution >= 0.6 is 0 Å². The van der Waals surface area contributed by atoms with Gasteiger partial charge in [0.1, 0.15) is 11.3 Å². The number of hydrogen-bond donors (Lipinski definition) is 4. The van der Waals surface area contributed by atoms with Crippen LogP contribution in [0.2, 0.25) is 0 Å². The van der Waals surface area contributed by atoms with Crippen molar-refractivity contribution in [3.8, 4) is 5.75 Å². The Balaban J connectivity index is 1.65. The smallest absolute Gasteiger partial charge is 0.248 e.